The summed E-state index contributed by atoms with van der Waals surface area (Å²) >= 11 is 0. The van der Waals surface area contributed by atoms with Crippen molar-refractivity contribution in [3.05, 3.63) is 0 Å². The van der Waals surface area contributed by atoms with Crippen LogP contribution in [0.2, 0.25) is 0 Å². The van der Waals surface area contributed by atoms with Gasteiger partial charge in [-0.2, -0.15) is 0 Å². The second-order valence-corrected chi connectivity index (χ2v) is 6.34. The molecule has 0 bridgehead atoms. The Morgan fingerprint density at radius 1 is 0.600 bits per heavy atom. The molecule has 0 aromatic heterocycles. The Labute approximate surface area is 129 Å². The maximum Gasteiger partial charge on any atom is 0.00643 e. The molecule has 1 heteroatoms. The Morgan fingerprint density at radius 2 is 1.05 bits per heavy atom. The molecule has 122 valence electrons. The van der Waals surface area contributed by atoms with Crippen LogP contribution in [-0.4, -0.2) is 12.6 Å². The topological polar surface area (TPSA) is 12.0 Å². The van der Waals surface area contributed by atoms with Gasteiger partial charge in [0.2, 0.25) is 0 Å². The summed E-state index contributed by atoms with van der Waals surface area (Å²) in [7, 11) is 0. The van der Waals surface area contributed by atoms with Crippen molar-refractivity contribution in [3.63, 3.8) is 0 Å². The van der Waals surface area contributed by atoms with Crippen LogP contribution >= 0.6 is 0 Å². The van der Waals surface area contributed by atoms with Crippen LogP contribution in [0.5, 0.6) is 0 Å². The molecule has 0 saturated carbocycles. The maximum atomic E-state index is 3.57. The van der Waals surface area contributed by atoms with Crippen LogP contribution in [0, 0.1) is 0 Å². The SMILES string of the molecule is CCCCCCCCCCCCCCC(CC)NCC. The largest absolute Gasteiger partial charge is 0.314 e. The Morgan fingerprint density at radius 3 is 1.45 bits per heavy atom. The molecule has 0 aliphatic heterocycles. The first-order valence-electron chi connectivity index (χ1n) is 9.58. The average molecular weight is 284 g/mol. The van der Waals surface area contributed by atoms with Gasteiger partial charge in [-0.1, -0.05) is 97.8 Å². The van der Waals surface area contributed by atoms with Crippen LogP contribution in [-0.2, 0) is 0 Å². The van der Waals surface area contributed by atoms with E-state index >= 15 is 0 Å². The van der Waals surface area contributed by atoms with Crippen LogP contribution in [0.15, 0.2) is 0 Å². The molecule has 0 amide bonds. The summed E-state index contributed by atoms with van der Waals surface area (Å²) in [5, 5.41) is 3.57. The smallest absolute Gasteiger partial charge is 0.00643 e. The molecule has 0 spiro atoms. The van der Waals surface area contributed by atoms with E-state index in [2.05, 4.69) is 26.1 Å². The summed E-state index contributed by atoms with van der Waals surface area (Å²) in [5.74, 6) is 0. The van der Waals surface area contributed by atoms with Crippen LogP contribution in [0.25, 0.3) is 0 Å². The number of rotatable bonds is 16. The normalized spacial score (nSPS) is 12.8. The predicted molar refractivity (Wildman–Crippen MR) is 93.5 cm³/mol. The van der Waals surface area contributed by atoms with Gasteiger partial charge in [0, 0.05) is 6.04 Å². The molecule has 0 rings (SSSR count). The first-order chi connectivity index (χ1) is 9.85. The molecule has 0 aromatic carbocycles. The molecular formula is C19H41N. The molecule has 0 fully saturated rings. The van der Waals surface area contributed by atoms with Crippen molar-refractivity contribution in [2.75, 3.05) is 6.54 Å². The minimum absolute atomic E-state index is 0.767. The van der Waals surface area contributed by atoms with E-state index in [9.17, 15) is 0 Å². The second-order valence-electron chi connectivity index (χ2n) is 6.34. The first kappa shape index (κ1) is 20.0. The summed E-state index contributed by atoms with van der Waals surface area (Å²) in [6.45, 7) is 7.93. The summed E-state index contributed by atoms with van der Waals surface area (Å²) < 4.78 is 0. The first-order valence-corrected chi connectivity index (χ1v) is 9.58. The van der Waals surface area contributed by atoms with Gasteiger partial charge in [-0.25, -0.2) is 0 Å². The van der Waals surface area contributed by atoms with Crippen molar-refractivity contribution in [2.24, 2.45) is 0 Å². The maximum absolute atomic E-state index is 3.57. The third-order valence-corrected chi connectivity index (χ3v) is 4.39. The summed E-state index contributed by atoms with van der Waals surface area (Å²) in [5.41, 5.74) is 0. The van der Waals surface area contributed by atoms with E-state index in [0.717, 1.165) is 12.6 Å². The van der Waals surface area contributed by atoms with Crippen LogP contribution in [0.3, 0.4) is 0 Å². The Hall–Kier alpha value is -0.0400. The van der Waals surface area contributed by atoms with E-state index in [-0.39, 0.29) is 0 Å². The average Bonchev–Trinajstić information content (AvgIpc) is 2.47. The van der Waals surface area contributed by atoms with Crippen molar-refractivity contribution in [1.29, 1.82) is 0 Å². The van der Waals surface area contributed by atoms with Crippen molar-refractivity contribution in [3.8, 4) is 0 Å². The van der Waals surface area contributed by atoms with Gasteiger partial charge in [0.05, 0.1) is 0 Å². The van der Waals surface area contributed by atoms with Crippen LogP contribution < -0.4 is 5.32 Å². The highest BCUT2D eigenvalue weighted by atomic mass is 14.9. The molecule has 0 saturated heterocycles. The van der Waals surface area contributed by atoms with Gasteiger partial charge in [-0.15, -0.1) is 0 Å². The fourth-order valence-corrected chi connectivity index (χ4v) is 2.97. The Kier molecular flexibility index (Phi) is 17.0. The fourth-order valence-electron chi connectivity index (χ4n) is 2.97. The molecule has 0 aliphatic rings. The van der Waals surface area contributed by atoms with Crippen molar-refractivity contribution in [1.82, 2.24) is 5.32 Å². The van der Waals surface area contributed by atoms with Crippen molar-refractivity contribution in [2.45, 2.75) is 117 Å². The highest BCUT2D eigenvalue weighted by Crippen LogP contribution is 2.13. The number of unbranched alkanes of at least 4 members (excludes halogenated alkanes) is 11. The van der Waals surface area contributed by atoms with E-state index in [0.29, 0.717) is 0 Å². The van der Waals surface area contributed by atoms with Gasteiger partial charge in [-0.3, -0.25) is 0 Å². The summed E-state index contributed by atoms with van der Waals surface area (Å²) in [6.07, 6.45) is 20.1. The van der Waals surface area contributed by atoms with Gasteiger partial charge < -0.3 is 5.32 Å². The third-order valence-electron chi connectivity index (χ3n) is 4.39. The van der Waals surface area contributed by atoms with E-state index in [4.69, 9.17) is 0 Å². The molecular weight excluding hydrogens is 242 g/mol. The van der Waals surface area contributed by atoms with Crippen LogP contribution in [0.4, 0.5) is 0 Å². The lowest BCUT2D eigenvalue weighted by atomic mass is 10.0. The monoisotopic (exact) mass is 283 g/mol. The number of hydrogen-bond acceptors (Lipinski definition) is 1. The second kappa shape index (κ2) is 17.0. The minimum Gasteiger partial charge on any atom is -0.314 e. The molecule has 1 unspecified atom stereocenters. The van der Waals surface area contributed by atoms with Gasteiger partial charge >= 0.3 is 0 Å². The lowest BCUT2D eigenvalue weighted by Gasteiger charge is -2.15. The predicted octanol–water partition coefficient (Wildman–Crippen LogP) is 6.47. The zero-order valence-electron chi connectivity index (χ0n) is 14.7. The third kappa shape index (κ3) is 14.4. The molecule has 0 radical (unpaired) electrons. The molecule has 0 heterocycles. The molecule has 20 heavy (non-hydrogen) atoms. The van der Waals surface area contributed by atoms with E-state index in [1.165, 1.54) is 89.9 Å². The number of nitrogens with one attached hydrogen (secondary N) is 1. The van der Waals surface area contributed by atoms with E-state index in [1.807, 2.05) is 0 Å². The summed E-state index contributed by atoms with van der Waals surface area (Å²) in [6, 6.07) is 0.767. The molecule has 1 atom stereocenters. The molecule has 0 aliphatic carbocycles. The van der Waals surface area contributed by atoms with E-state index < -0.39 is 0 Å². The zero-order valence-corrected chi connectivity index (χ0v) is 14.7. The Balaban J connectivity index is 3.09. The summed E-state index contributed by atoms with van der Waals surface area (Å²) in [4.78, 5) is 0. The lowest BCUT2D eigenvalue weighted by Crippen LogP contribution is -2.27. The van der Waals surface area contributed by atoms with Crippen molar-refractivity contribution < 1.29 is 0 Å². The van der Waals surface area contributed by atoms with Gasteiger partial charge in [0.25, 0.3) is 0 Å². The van der Waals surface area contributed by atoms with Crippen LogP contribution in [0.1, 0.15) is 111 Å². The van der Waals surface area contributed by atoms with Crippen molar-refractivity contribution >= 4 is 0 Å². The standard InChI is InChI=1S/C19H41N/c1-4-7-8-9-10-11-12-13-14-15-16-17-18-19(5-2)20-6-3/h19-20H,4-18H2,1-3H3. The molecule has 0 aromatic rings. The van der Waals surface area contributed by atoms with Gasteiger partial charge in [0.15, 0.2) is 0 Å². The minimum atomic E-state index is 0.767. The van der Waals surface area contributed by atoms with Gasteiger partial charge in [-0.05, 0) is 19.4 Å². The van der Waals surface area contributed by atoms with Gasteiger partial charge in [0.1, 0.15) is 0 Å². The highest BCUT2D eigenvalue weighted by Gasteiger charge is 2.02. The molecule has 1 N–H and O–H groups in total. The van der Waals surface area contributed by atoms with E-state index in [1.54, 1.807) is 0 Å². The molecule has 1 nitrogen and oxygen atoms in total. The Bertz CT molecular complexity index is 167. The highest BCUT2D eigenvalue weighted by molar-refractivity contribution is 4.63. The quantitative estimate of drug-likeness (QED) is 0.320. The number of hydrogen-bond donors (Lipinski definition) is 1. The fraction of sp³-hybridized carbons (Fsp3) is 1.00. The lowest BCUT2D eigenvalue weighted by molar-refractivity contribution is 0.450. The zero-order chi connectivity index (χ0) is 14.9.